The molecule has 2 N–H and O–H groups in total. The molecule has 0 bridgehead atoms. The first-order valence-electron chi connectivity index (χ1n) is 7.69. The predicted octanol–water partition coefficient (Wildman–Crippen LogP) is 1.32. The van der Waals surface area contributed by atoms with E-state index in [1.54, 1.807) is 7.11 Å². The van der Waals surface area contributed by atoms with Crippen LogP contribution in [0.4, 0.5) is 0 Å². The van der Waals surface area contributed by atoms with Gasteiger partial charge in [-0.3, -0.25) is 4.79 Å². The lowest BCUT2D eigenvalue weighted by atomic mass is 9.61. The standard InChI is InChI=1S/C15H30N2O3/c1-5-15(3)12(11-13(15)20-6-2)16-8-7-14(18)17-9-10-19-4/h12-13,16H,5-11H2,1-4H3,(H,17,18). The van der Waals surface area contributed by atoms with Crippen molar-refractivity contribution < 1.29 is 14.3 Å². The number of nitrogens with one attached hydrogen (secondary N) is 2. The maximum atomic E-state index is 11.6. The summed E-state index contributed by atoms with van der Waals surface area (Å²) in [6, 6.07) is 0.454. The van der Waals surface area contributed by atoms with Gasteiger partial charge in [-0.2, -0.15) is 0 Å². The third kappa shape index (κ3) is 4.43. The van der Waals surface area contributed by atoms with Crippen molar-refractivity contribution in [3.63, 3.8) is 0 Å². The molecule has 5 nitrogen and oxygen atoms in total. The molecular weight excluding hydrogens is 256 g/mol. The van der Waals surface area contributed by atoms with Crippen molar-refractivity contribution in [2.75, 3.05) is 33.4 Å². The summed E-state index contributed by atoms with van der Waals surface area (Å²) in [5.41, 5.74) is 0.197. The summed E-state index contributed by atoms with van der Waals surface area (Å²) in [6.07, 6.45) is 3.00. The molecule has 3 atom stereocenters. The van der Waals surface area contributed by atoms with Crippen LogP contribution in [0.5, 0.6) is 0 Å². The summed E-state index contributed by atoms with van der Waals surface area (Å²) in [5, 5.41) is 6.33. The molecule has 1 amide bonds. The van der Waals surface area contributed by atoms with Gasteiger partial charge in [-0.15, -0.1) is 0 Å². The van der Waals surface area contributed by atoms with Crippen LogP contribution in [0.25, 0.3) is 0 Å². The molecule has 0 heterocycles. The Kier molecular flexibility index (Phi) is 7.48. The van der Waals surface area contributed by atoms with Crippen molar-refractivity contribution >= 4 is 5.91 Å². The molecule has 0 saturated heterocycles. The molecule has 20 heavy (non-hydrogen) atoms. The zero-order chi connectivity index (χ0) is 15.0. The number of carbonyl (C=O) groups excluding carboxylic acids is 1. The van der Waals surface area contributed by atoms with E-state index in [1.165, 1.54) is 0 Å². The molecule has 1 aliphatic carbocycles. The van der Waals surface area contributed by atoms with Gasteiger partial charge in [0.25, 0.3) is 0 Å². The maximum Gasteiger partial charge on any atom is 0.221 e. The van der Waals surface area contributed by atoms with Crippen LogP contribution < -0.4 is 10.6 Å². The highest BCUT2D eigenvalue weighted by Gasteiger charge is 2.50. The molecule has 1 aliphatic rings. The van der Waals surface area contributed by atoms with Gasteiger partial charge >= 0.3 is 0 Å². The Balaban J connectivity index is 2.21. The molecule has 118 valence electrons. The van der Waals surface area contributed by atoms with Crippen LogP contribution in [0.2, 0.25) is 0 Å². The van der Waals surface area contributed by atoms with Crippen molar-refractivity contribution in [2.24, 2.45) is 5.41 Å². The van der Waals surface area contributed by atoms with Gasteiger partial charge in [0, 0.05) is 44.7 Å². The molecule has 1 rings (SSSR count). The average Bonchev–Trinajstić information content (AvgIpc) is 2.44. The summed E-state index contributed by atoms with van der Waals surface area (Å²) in [7, 11) is 1.63. The van der Waals surface area contributed by atoms with Gasteiger partial charge in [0.2, 0.25) is 5.91 Å². The van der Waals surface area contributed by atoms with E-state index in [4.69, 9.17) is 9.47 Å². The van der Waals surface area contributed by atoms with E-state index in [-0.39, 0.29) is 11.3 Å². The van der Waals surface area contributed by atoms with Gasteiger partial charge in [0.05, 0.1) is 12.7 Å². The fourth-order valence-electron chi connectivity index (χ4n) is 2.81. The van der Waals surface area contributed by atoms with E-state index in [9.17, 15) is 4.79 Å². The Morgan fingerprint density at radius 1 is 1.35 bits per heavy atom. The third-order valence-electron chi connectivity index (χ3n) is 4.48. The largest absolute Gasteiger partial charge is 0.383 e. The molecule has 1 saturated carbocycles. The van der Waals surface area contributed by atoms with Crippen LogP contribution in [0.3, 0.4) is 0 Å². The first-order valence-corrected chi connectivity index (χ1v) is 7.69. The van der Waals surface area contributed by atoms with E-state index in [0.717, 1.165) is 26.0 Å². The number of rotatable bonds is 10. The second-order valence-electron chi connectivity index (χ2n) is 5.64. The summed E-state index contributed by atoms with van der Waals surface area (Å²) in [6.45, 7) is 9.15. The Morgan fingerprint density at radius 2 is 2.10 bits per heavy atom. The highest BCUT2D eigenvalue weighted by atomic mass is 16.5. The highest BCUT2D eigenvalue weighted by molar-refractivity contribution is 5.76. The zero-order valence-corrected chi connectivity index (χ0v) is 13.3. The highest BCUT2D eigenvalue weighted by Crippen LogP contribution is 2.45. The second-order valence-corrected chi connectivity index (χ2v) is 5.64. The van der Waals surface area contributed by atoms with Crippen molar-refractivity contribution in [2.45, 2.75) is 52.2 Å². The van der Waals surface area contributed by atoms with Crippen LogP contribution in [-0.2, 0) is 14.3 Å². The molecule has 1 fully saturated rings. The van der Waals surface area contributed by atoms with E-state index >= 15 is 0 Å². The predicted molar refractivity (Wildman–Crippen MR) is 79.7 cm³/mol. The fraction of sp³-hybridized carbons (Fsp3) is 0.933. The molecule has 0 aromatic rings. The number of hydrogen-bond acceptors (Lipinski definition) is 4. The van der Waals surface area contributed by atoms with Gasteiger partial charge in [0.1, 0.15) is 0 Å². The van der Waals surface area contributed by atoms with E-state index in [2.05, 4.69) is 24.5 Å². The zero-order valence-electron chi connectivity index (χ0n) is 13.3. The normalized spacial score (nSPS) is 29.0. The van der Waals surface area contributed by atoms with Crippen molar-refractivity contribution in [1.82, 2.24) is 10.6 Å². The number of carbonyl (C=O) groups is 1. The van der Waals surface area contributed by atoms with Crippen LogP contribution in [0, 0.1) is 5.41 Å². The molecule has 0 radical (unpaired) electrons. The molecule has 0 aliphatic heterocycles. The molecule has 3 unspecified atom stereocenters. The lowest BCUT2D eigenvalue weighted by Crippen LogP contribution is -2.62. The van der Waals surface area contributed by atoms with Crippen LogP contribution in [0.1, 0.15) is 40.0 Å². The first kappa shape index (κ1) is 17.4. The maximum absolute atomic E-state index is 11.6. The van der Waals surface area contributed by atoms with Crippen molar-refractivity contribution in [3.8, 4) is 0 Å². The third-order valence-corrected chi connectivity index (χ3v) is 4.48. The first-order chi connectivity index (χ1) is 9.58. The van der Waals surface area contributed by atoms with Gasteiger partial charge in [-0.05, 0) is 19.8 Å². The lowest BCUT2D eigenvalue weighted by Gasteiger charge is -2.53. The topological polar surface area (TPSA) is 59.6 Å². The van der Waals surface area contributed by atoms with Gasteiger partial charge in [0.15, 0.2) is 0 Å². The Hall–Kier alpha value is -0.650. The Labute approximate surface area is 122 Å². The number of methoxy groups -OCH3 is 1. The van der Waals surface area contributed by atoms with E-state index in [0.29, 0.717) is 31.7 Å². The average molecular weight is 286 g/mol. The number of amides is 1. The second kappa shape index (κ2) is 8.60. The minimum absolute atomic E-state index is 0.0773. The van der Waals surface area contributed by atoms with E-state index in [1.807, 2.05) is 6.92 Å². The van der Waals surface area contributed by atoms with Gasteiger partial charge in [-0.25, -0.2) is 0 Å². The smallest absolute Gasteiger partial charge is 0.221 e. The van der Waals surface area contributed by atoms with Gasteiger partial charge < -0.3 is 20.1 Å². The minimum Gasteiger partial charge on any atom is -0.383 e. The van der Waals surface area contributed by atoms with Crippen LogP contribution >= 0.6 is 0 Å². The molecule has 0 aromatic carbocycles. The van der Waals surface area contributed by atoms with Crippen molar-refractivity contribution in [1.29, 1.82) is 0 Å². The molecule has 0 aromatic heterocycles. The molecular formula is C15H30N2O3. The fourth-order valence-corrected chi connectivity index (χ4v) is 2.81. The Bertz CT molecular complexity index is 299. The van der Waals surface area contributed by atoms with Crippen molar-refractivity contribution in [3.05, 3.63) is 0 Å². The summed E-state index contributed by atoms with van der Waals surface area (Å²) in [4.78, 5) is 11.6. The van der Waals surface area contributed by atoms with Crippen LogP contribution in [0.15, 0.2) is 0 Å². The number of hydrogen-bond donors (Lipinski definition) is 2. The molecule has 0 spiro atoms. The number of ether oxygens (including phenoxy) is 2. The Morgan fingerprint density at radius 3 is 2.70 bits per heavy atom. The summed E-state index contributed by atoms with van der Waals surface area (Å²) < 4.78 is 10.7. The quantitative estimate of drug-likeness (QED) is 0.595. The van der Waals surface area contributed by atoms with Gasteiger partial charge in [-0.1, -0.05) is 13.8 Å². The lowest BCUT2D eigenvalue weighted by molar-refractivity contribution is -0.127. The monoisotopic (exact) mass is 286 g/mol. The summed E-state index contributed by atoms with van der Waals surface area (Å²) >= 11 is 0. The van der Waals surface area contributed by atoms with Crippen LogP contribution in [-0.4, -0.2) is 51.5 Å². The SMILES string of the molecule is CCOC1CC(NCCC(=O)NCCOC)C1(C)CC. The molecule has 5 heteroatoms. The minimum atomic E-state index is 0.0773. The summed E-state index contributed by atoms with van der Waals surface area (Å²) in [5.74, 6) is 0.0773. The van der Waals surface area contributed by atoms with E-state index < -0.39 is 0 Å².